The van der Waals surface area contributed by atoms with Crippen LogP contribution in [-0.2, 0) is 11.2 Å². The molecule has 3 fully saturated rings. The van der Waals surface area contributed by atoms with E-state index in [1.807, 2.05) is 11.9 Å². The third-order valence-corrected chi connectivity index (χ3v) is 9.52. The van der Waals surface area contributed by atoms with Gasteiger partial charge in [-0.05, 0) is 78.6 Å². The molecular formula is C33H35FN6O2. The summed E-state index contributed by atoms with van der Waals surface area (Å²) >= 11 is 0. The second-order valence-corrected chi connectivity index (χ2v) is 12.2. The lowest BCUT2D eigenvalue weighted by Crippen LogP contribution is -2.56. The molecular weight excluding hydrogens is 531 g/mol. The number of ether oxygens (including phenoxy) is 1. The SMILES string of the molecule is [C-]#[N+]C[C@H]1CN(c2nc(OC[C@@H]3C[C@@H](F)CN3C)nc3cc(-c4cccc5c4C4CC4C5)ccc23)CCN1C(=O)C=C. The summed E-state index contributed by atoms with van der Waals surface area (Å²) in [5.41, 5.74) is 6.14. The van der Waals surface area contributed by atoms with Gasteiger partial charge < -0.3 is 19.4 Å². The monoisotopic (exact) mass is 566 g/mol. The first-order valence-electron chi connectivity index (χ1n) is 14.9. The van der Waals surface area contributed by atoms with Crippen LogP contribution in [0.5, 0.6) is 6.01 Å². The summed E-state index contributed by atoms with van der Waals surface area (Å²) in [6.07, 6.45) is 3.34. The number of anilines is 1. The molecule has 7 rings (SSSR count). The highest BCUT2D eigenvalue weighted by Gasteiger charge is 2.46. The highest BCUT2D eigenvalue weighted by molar-refractivity contribution is 5.94. The van der Waals surface area contributed by atoms with Gasteiger partial charge in [0.25, 0.3) is 0 Å². The molecule has 3 heterocycles. The molecule has 2 aliphatic heterocycles. The average molecular weight is 567 g/mol. The number of rotatable bonds is 7. The molecule has 1 saturated carbocycles. The summed E-state index contributed by atoms with van der Waals surface area (Å²) in [5.74, 6) is 2.03. The molecule has 5 atom stereocenters. The van der Waals surface area contributed by atoms with Crippen LogP contribution in [0.15, 0.2) is 49.1 Å². The first-order valence-corrected chi connectivity index (χ1v) is 14.9. The second-order valence-electron chi connectivity index (χ2n) is 12.2. The summed E-state index contributed by atoms with van der Waals surface area (Å²) < 4.78 is 20.2. The van der Waals surface area contributed by atoms with E-state index in [0.29, 0.717) is 45.1 Å². The first-order chi connectivity index (χ1) is 20.4. The number of carbonyl (C=O) groups excluding carboxylic acids is 1. The van der Waals surface area contributed by atoms with Crippen LogP contribution >= 0.6 is 0 Å². The van der Waals surface area contributed by atoms with E-state index in [1.54, 1.807) is 4.90 Å². The molecule has 8 nitrogen and oxygen atoms in total. The Morgan fingerprint density at radius 3 is 2.86 bits per heavy atom. The van der Waals surface area contributed by atoms with Crippen LogP contribution in [0.2, 0.25) is 0 Å². The Balaban J connectivity index is 1.26. The Morgan fingerprint density at radius 2 is 2.07 bits per heavy atom. The van der Waals surface area contributed by atoms with Gasteiger partial charge in [0.2, 0.25) is 12.5 Å². The maximum atomic E-state index is 14.0. The standard InChI is InChI=1S/C33H35FN6O2/c1-4-30(41)40-11-10-39(18-25(40)16-35-2)32-27-9-8-20(26-7-5-6-21-12-22-13-28(22)31(21)26)14-29(27)36-33(37-32)42-19-24-15-23(34)17-38(24)3/h4-9,14,22-25,28H,1,10-13,15-19H2,3H3/t22?,23-,24+,25+,28?/m1/s1. The highest BCUT2D eigenvalue weighted by Crippen LogP contribution is 2.58. The van der Waals surface area contributed by atoms with E-state index in [4.69, 9.17) is 21.3 Å². The largest absolute Gasteiger partial charge is 0.462 e. The van der Waals surface area contributed by atoms with Crippen LogP contribution in [0.4, 0.5) is 10.2 Å². The van der Waals surface area contributed by atoms with E-state index in [1.165, 1.54) is 35.6 Å². The topological polar surface area (TPSA) is 66.2 Å². The molecule has 3 aromatic rings. The Bertz CT molecular complexity index is 1600. The van der Waals surface area contributed by atoms with Crippen molar-refractivity contribution in [2.75, 3.05) is 51.3 Å². The van der Waals surface area contributed by atoms with Gasteiger partial charge in [0.1, 0.15) is 24.6 Å². The zero-order chi connectivity index (χ0) is 29.0. The molecule has 1 amide bonds. The Kier molecular flexibility index (Phi) is 6.82. The minimum Gasteiger partial charge on any atom is -0.462 e. The second kappa shape index (κ2) is 10.7. The van der Waals surface area contributed by atoms with Gasteiger partial charge in [-0.15, -0.1) is 0 Å². The van der Waals surface area contributed by atoms with Gasteiger partial charge in [0.05, 0.1) is 5.52 Å². The molecule has 4 aliphatic rings. The zero-order valence-corrected chi connectivity index (χ0v) is 23.9. The predicted molar refractivity (Wildman–Crippen MR) is 160 cm³/mol. The maximum Gasteiger partial charge on any atom is 0.319 e. The fourth-order valence-electron chi connectivity index (χ4n) is 7.25. The fourth-order valence-corrected chi connectivity index (χ4v) is 7.25. The summed E-state index contributed by atoms with van der Waals surface area (Å²) in [4.78, 5) is 31.7. The molecule has 0 radical (unpaired) electrons. The number of hydrogen-bond donors (Lipinski definition) is 0. The van der Waals surface area contributed by atoms with E-state index < -0.39 is 6.17 Å². The van der Waals surface area contributed by atoms with Crippen molar-refractivity contribution in [1.82, 2.24) is 19.8 Å². The minimum absolute atomic E-state index is 0.0380. The minimum atomic E-state index is -0.855. The lowest BCUT2D eigenvalue weighted by Gasteiger charge is -2.39. The maximum absolute atomic E-state index is 14.0. The van der Waals surface area contributed by atoms with Crippen LogP contribution < -0.4 is 9.64 Å². The van der Waals surface area contributed by atoms with Gasteiger partial charge >= 0.3 is 6.01 Å². The molecule has 216 valence electrons. The number of nitrogens with zero attached hydrogens (tertiary/aromatic N) is 6. The average Bonchev–Trinajstić information content (AvgIpc) is 3.54. The molecule has 2 aliphatic carbocycles. The number of benzene rings is 2. The van der Waals surface area contributed by atoms with Crippen LogP contribution in [0.25, 0.3) is 26.9 Å². The molecule has 42 heavy (non-hydrogen) atoms. The molecule has 2 unspecified atom stereocenters. The van der Waals surface area contributed by atoms with E-state index in [9.17, 15) is 9.18 Å². The number of alkyl halides is 1. The number of fused-ring (bicyclic) bond motifs is 4. The third-order valence-electron chi connectivity index (χ3n) is 9.52. The molecule has 0 N–H and O–H groups in total. The number of carbonyl (C=O) groups is 1. The van der Waals surface area contributed by atoms with Crippen molar-refractivity contribution in [3.63, 3.8) is 0 Å². The molecule has 1 aromatic heterocycles. The van der Waals surface area contributed by atoms with Crippen molar-refractivity contribution in [2.45, 2.75) is 43.4 Å². The first kappa shape index (κ1) is 26.8. The number of hydrogen-bond acceptors (Lipinski definition) is 6. The molecule has 9 heteroatoms. The van der Waals surface area contributed by atoms with E-state index in [0.717, 1.165) is 28.2 Å². The molecule has 2 saturated heterocycles. The number of amides is 1. The summed E-state index contributed by atoms with van der Waals surface area (Å²) in [5, 5.41) is 0.898. The van der Waals surface area contributed by atoms with Crippen molar-refractivity contribution >= 4 is 22.6 Å². The van der Waals surface area contributed by atoms with Crippen LogP contribution in [0, 0.1) is 12.5 Å². The van der Waals surface area contributed by atoms with Crippen LogP contribution in [0.3, 0.4) is 0 Å². The highest BCUT2D eigenvalue weighted by atomic mass is 19.1. The van der Waals surface area contributed by atoms with Crippen molar-refractivity contribution in [3.8, 4) is 17.1 Å². The lowest BCUT2D eigenvalue weighted by atomic mass is 9.94. The number of piperazine rings is 1. The third kappa shape index (κ3) is 4.78. The van der Waals surface area contributed by atoms with Crippen molar-refractivity contribution < 1.29 is 13.9 Å². The van der Waals surface area contributed by atoms with E-state index in [-0.39, 0.29) is 30.5 Å². The zero-order valence-electron chi connectivity index (χ0n) is 23.9. The normalized spacial score (nSPS) is 26.5. The summed E-state index contributed by atoms with van der Waals surface area (Å²) in [6.45, 7) is 13.5. The molecule has 2 aromatic carbocycles. The fraction of sp³-hybridized carbons (Fsp3) is 0.455. The van der Waals surface area contributed by atoms with Gasteiger partial charge in [-0.1, -0.05) is 30.8 Å². The Labute approximate surface area is 245 Å². The van der Waals surface area contributed by atoms with Gasteiger partial charge in [0, 0.05) is 37.6 Å². The van der Waals surface area contributed by atoms with Crippen molar-refractivity contribution in [3.05, 3.63) is 71.6 Å². The number of aromatic nitrogens is 2. The van der Waals surface area contributed by atoms with Gasteiger partial charge in [0.15, 0.2) is 0 Å². The quantitative estimate of drug-likeness (QED) is 0.310. The van der Waals surface area contributed by atoms with Gasteiger partial charge in [-0.2, -0.15) is 9.97 Å². The Hall–Kier alpha value is -4.03. The van der Waals surface area contributed by atoms with Crippen molar-refractivity contribution in [2.24, 2.45) is 5.92 Å². The predicted octanol–water partition coefficient (Wildman–Crippen LogP) is 4.50. The lowest BCUT2D eigenvalue weighted by molar-refractivity contribution is -0.128. The molecule has 0 bridgehead atoms. The summed E-state index contributed by atoms with van der Waals surface area (Å²) in [7, 11) is 1.91. The number of likely N-dealkylation sites (N-methyl/N-ethyl adjacent to an activating group) is 1. The summed E-state index contributed by atoms with van der Waals surface area (Å²) in [6, 6.07) is 13.0. The van der Waals surface area contributed by atoms with E-state index >= 15 is 0 Å². The van der Waals surface area contributed by atoms with Gasteiger partial charge in [-0.25, -0.2) is 11.0 Å². The van der Waals surface area contributed by atoms with E-state index in [2.05, 4.69) is 52.7 Å². The number of halogens is 1. The van der Waals surface area contributed by atoms with Crippen LogP contribution in [0.1, 0.15) is 29.9 Å². The van der Waals surface area contributed by atoms with Crippen molar-refractivity contribution in [1.29, 1.82) is 0 Å². The van der Waals surface area contributed by atoms with Crippen LogP contribution in [-0.4, -0.2) is 90.3 Å². The Morgan fingerprint density at radius 1 is 1.19 bits per heavy atom. The van der Waals surface area contributed by atoms with Gasteiger partial charge in [-0.3, -0.25) is 9.69 Å². The smallest absolute Gasteiger partial charge is 0.319 e. The number of likely N-dealkylation sites (tertiary alicyclic amines) is 1. The molecule has 0 spiro atoms.